The first kappa shape index (κ1) is 20.6. The Hall–Kier alpha value is -3.13. The molecular formula is C21H22N4O3S. The van der Waals surface area contributed by atoms with Crippen molar-refractivity contribution in [2.24, 2.45) is 0 Å². The molecule has 2 N–H and O–H groups in total. The number of hydrogen-bond acceptors (Lipinski definition) is 5. The zero-order valence-corrected chi connectivity index (χ0v) is 17.1. The highest BCUT2D eigenvalue weighted by atomic mass is 32.2. The molecule has 0 saturated carbocycles. The van der Waals surface area contributed by atoms with Crippen LogP contribution in [0, 0.1) is 6.92 Å². The number of hydrogen-bond donors (Lipinski definition) is 2. The van der Waals surface area contributed by atoms with Crippen molar-refractivity contribution in [3.8, 4) is 0 Å². The van der Waals surface area contributed by atoms with Gasteiger partial charge in [0.15, 0.2) is 5.16 Å². The summed E-state index contributed by atoms with van der Waals surface area (Å²) in [5.74, 6) is -0.131. The molecule has 8 heteroatoms. The summed E-state index contributed by atoms with van der Waals surface area (Å²) in [6.45, 7) is 4.50. The highest BCUT2D eigenvalue weighted by Gasteiger charge is 2.14. The zero-order chi connectivity index (χ0) is 20.8. The number of aromatic carboxylic acids is 1. The topological polar surface area (TPSA) is 97.1 Å². The Morgan fingerprint density at radius 3 is 2.55 bits per heavy atom. The van der Waals surface area contributed by atoms with Gasteiger partial charge in [0.1, 0.15) is 5.82 Å². The molecule has 0 unspecified atom stereocenters. The summed E-state index contributed by atoms with van der Waals surface area (Å²) in [6.07, 6.45) is 0.684. The summed E-state index contributed by atoms with van der Waals surface area (Å²) in [5.41, 5.74) is 2.65. The lowest BCUT2D eigenvalue weighted by atomic mass is 10.1. The van der Waals surface area contributed by atoms with Crippen LogP contribution in [0.15, 0.2) is 53.7 Å². The maximum absolute atomic E-state index is 12.3. The second-order valence-corrected chi connectivity index (χ2v) is 7.42. The Morgan fingerprint density at radius 2 is 1.90 bits per heavy atom. The second kappa shape index (κ2) is 9.38. The van der Waals surface area contributed by atoms with Gasteiger partial charge < -0.3 is 15.0 Å². The van der Waals surface area contributed by atoms with Crippen molar-refractivity contribution in [3.63, 3.8) is 0 Å². The normalized spacial score (nSPS) is 10.7. The Bertz CT molecular complexity index is 1020. The molecule has 1 amide bonds. The number of carbonyl (C=O) groups excluding carboxylic acids is 1. The monoisotopic (exact) mass is 410 g/mol. The summed E-state index contributed by atoms with van der Waals surface area (Å²) in [7, 11) is 0. The van der Waals surface area contributed by atoms with E-state index < -0.39 is 5.97 Å². The number of nitrogens with zero attached hydrogens (tertiary/aromatic N) is 3. The van der Waals surface area contributed by atoms with Crippen LogP contribution in [0.25, 0.3) is 0 Å². The van der Waals surface area contributed by atoms with Gasteiger partial charge in [0, 0.05) is 18.7 Å². The van der Waals surface area contributed by atoms with Crippen LogP contribution in [0.4, 0.5) is 5.69 Å². The van der Waals surface area contributed by atoms with Gasteiger partial charge in [-0.05, 0) is 43.2 Å². The molecule has 0 aliphatic rings. The molecule has 0 aliphatic heterocycles. The molecule has 0 aliphatic carbocycles. The predicted molar refractivity (Wildman–Crippen MR) is 112 cm³/mol. The number of carbonyl (C=O) groups is 2. The lowest BCUT2D eigenvalue weighted by molar-refractivity contribution is -0.113. The third-order valence-electron chi connectivity index (χ3n) is 4.39. The van der Waals surface area contributed by atoms with E-state index in [1.165, 1.54) is 23.9 Å². The van der Waals surface area contributed by atoms with Crippen LogP contribution in [0.1, 0.15) is 34.2 Å². The minimum atomic E-state index is -0.994. The first-order chi connectivity index (χ1) is 14.0. The van der Waals surface area contributed by atoms with Gasteiger partial charge in [-0.2, -0.15) is 0 Å². The molecule has 0 fully saturated rings. The molecule has 0 saturated heterocycles. The molecule has 1 heterocycles. The first-order valence-electron chi connectivity index (χ1n) is 9.20. The molecule has 3 aromatic rings. The van der Waals surface area contributed by atoms with E-state index in [9.17, 15) is 9.59 Å². The molecule has 0 bridgehead atoms. The van der Waals surface area contributed by atoms with E-state index >= 15 is 0 Å². The highest BCUT2D eigenvalue weighted by Crippen LogP contribution is 2.21. The van der Waals surface area contributed by atoms with Gasteiger partial charge >= 0.3 is 5.97 Å². The van der Waals surface area contributed by atoms with Gasteiger partial charge in [-0.15, -0.1) is 10.2 Å². The van der Waals surface area contributed by atoms with Crippen molar-refractivity contribution in [2.75, 3.05) is 11.1 Å². The van der Waals surface area contributed by atoms with E-state index in [0.717, 1.165) is 17.9 Å². The lowest BCUT2D eigenvalue weighted by Gasteiger charge is -2.10. The van der Waals surface area contributed by atoms with E-state index in [0.29, 0.717) is 22.8 Å². The van der Waals surface area contributed by atoms with Crippen molar-refractivity contribution in [1.82, 2.24) is 14.8 Å². The number of thioether (sulfide) groups is 1. The van der Waals surface area contributed by atoms with Gasteiger partial charge in [0.2, 0.25) is 5.91 Å². The summed E-state index contributed by atoms with van der Waals surface area (Å²) >= 11 is 1.33. The Labute approximate surface area is 173 Å². The maximum Gasteiger partial charge on any atom is 0.335 e. The van der Waals surface area contributed by atoms with E-state index in [1.54, 1.807) is 13.0 Å². The van der Waals surface area contributed by atoms with Crippen LogP contribution in [0.2, 0.25) is 0 Å². The Balaban J connectivity index is 1.62. The summed E-state index contributed by atoms with van der Waals surface area (Å²) in [5, 5.41) is 21.1. The fraction of sp³-hybridized carbons (Fsp3) is 0.238. The molecule has 0 atom stereocenters. The Kier molecular flexibility index (Phi) is 6.66. The van der Waals surface area contributed by atoms with E-state index in [2.05, 4.69) is 15.5 Å². The molecule has 3 rings (SSSR count). The van der Waals surface area contributed by atoms with Crippen LogP contribution in [-0.4, -0.2) is 37.5 Å². The zero-order valence-electron chi connectivity index (χ0n) is 16.3. The van der Waals surface area contributed by atoms with Crippen molar-refractivity contribution in [3.05, 3.63) is 71.0 Å². The SMILES string of the molecule is CCn1c(Cc2ccccc2)nnc1SCC(=O)Nc1ccc(C(=O)O)cc1C. The van der Waals surface area contributed by atoms with Crippen molar-refractivity contribution in [1.29, 1.82) is 0 Å². The van der Waals surface area contributed by atoms with Gasteiger partial charge in [-0.25, -0.2) is 4.79 Å². The molecule has 7 nitrogen and oxygen atoms in total. The molecule has 2 aromatic carbocycles. The van der Waals surface area contributed by atoms with Gasteiger partial charge in [0.25, 0.3) is 0 Å². The first-order valence-corrected chi connectivity index (χ1v) is 10.2. The largest absolute Gasteiger partial charge is 0.478 e. The number of aryl methyl sites for hydroxylation is 1. The number of carboxylic acid groups (broad SMARTS) is 1. The van der Waals surface area contributed by atoms with Crippen LogP contribution >= 0.6 is 11.8 Å². The smallest absolute Gasteiger partial charge is 0.335 e. The van der Waals surface area contributed by atoms with Crippen LogP contribution in [0.3, 0.4) is 0 Å². The van der Waals surface area contributed by atoms with Gasteiger partial charge in [-0.1, -0.05) is 42.1 Å². The quantitative estimate of drug-likeness (QED) is 0.551. The minimum Gasteiger partial charge on any atom is -0.478 e. The number of anilines is 1. The van der Waals surface area contributed by atoms with Crippen molar-refractivity contribution >= 4 is 29.3 Å². The number of carboxylic acids is 1. The third kappa shape index (κ3) is 5.23. The number of benzene rings is 2. The maximum atomic E-state index is 12.3. The number of rotatable bonds is 8. The predicted octanol–water partition coefficient (Wildman–Crippen LogP) is 3.63. The fourth-order valence-electron chi connectivity index (χ4n) is 2.91. The number of amides is 1. The van der Waals surface area contributed by atoms with Crippen LogP contribution < -0.4 is 5.32 Å². The van der Waals surface area contributed by atoms with Crippen LogP contribution in [0.5, 0.6) is 0 Å². The molecule has 150 valence electrons. The van der Waals surface area contributed by atoms with Crippen molar-refractivity contribution < 1.29 is 14.7 Å². The average Bonchev–Trinajstić information content (AvgIpc) is 3.10. The molecular weight excluding hydrogens is 388 g/mol. The van der Waals surface area contributed by atoms with Gasteiger partial charge in [0.05, 0.1) is 11.3 Å². The van der Waals surface area contributed by atoms with E-state index in [4.69, 9.17) is 5.11 Å². The summed E-state index contributed by atoms with van der Waals surface area (Å²) in [4.78, 5) is 23.4. The minimum absolute atomic E-state index is 0.184. The van der Waals surface area contributed by atoms with Crippen molar-refractivity contribution in [2.45, 2.75) is 32.0 Å². The molecule has 1 aromatic heterocycles. The fourth-order valence-corrected chi connectivity index (χ4v) is 3.73. The summed E-state index contributed by atoms with van der Waals surface area (Å²) in [6, 6.07) is 14.7. The number of nitrogens with one attached hydrogen (secondary N) is 1. The van der Waals surface area contributed by atoms with E-state index in [1.807, 2.05) is 41.8 Å². The molecule has 0 radical (unpaired) electrons. The van der Waals surface area contributed by atoms with E-state index in [-0.39, 0.29) is 17.2 Å². The molecule has 0 spiro atoms. The number of aromatic nitrogens is 3. The average molecular weight is 410 g/mol. The second-order valence-electron chi connectivity index (χ2n) is 6.48. The molecule has 29 heavy (non-hydrogen) atoms. The Morgan fingerprint density at radius 1 is 1.14 bits per heavy atom. The van der Waals surface area contributed by atoms with Gasteiger partial charge in [-0.3, -0.25) is 4.79 Å². The standard InChI is InChI=1S/C21H22N4O3S/c1-3-25-18(12-15-7-5-4-6-8-15)23-24-21(25)29-13-19(26)22-17-10-9-16(20(27)28)11-14(17)2/h4-11H,3,12-13H2,1-2H3,(H,22,26)(H,27,28). The van der Waals surface area contributed by atoms with Crippen LogP contribution in [-0.2, 0) is 17.8 Å². The lowest BCUT2D eigenvalue weighted by Crippen LogP contribution is -2.16. The highest BCUT2D eigenvalue weighted by molar-refractivity contribution is 7.99. The third-order valence-corrected chi connectivity index (χ3v) is 5.36. The summed E-state index contributed by atoms with van der Waals surface area (Å²) < 4.78 is 2.01.